The fraction of sp³-hybridized carbons (Fsp3) is 0.182. The van der Waals surface area contributed by atoms with Gasteiger partial charge in [-0.15, -0.1) is 0 Å². The van der Waals surface area contributed by atoms with Gasteiger partial charge in [0.1, 0.15) is 5.76 Å². The Labute approximate surface area is 94.9 Å². The van der Waals surface area contributed by atoms with E-state index in [0.29, 0.717) is 0 Å². The predicted molar refractivity (Wildman–Crippen MR) is 53.5 cm³/mol. The molecule has 1 N–H and O–H groups in total. The second-order valence-electron chi connectivity index (χ2n) is 3.00. The fourth-order valence-electron chi connectivity index (χ4n) is 1.23. The van der Waals surface area contributed by atoms with E-state index in [0.717, 1.165) is 24.5 Å². The molecule has 0 amide bonds. The largest absolute Gasteiger partial charge is 1.00 e. The summed E-state index contributed by atoms with van der Waals surface area (Å²) in [6.45, 7) is 1.51. The summed E-state index contributed by atoms with van der Waals surface area (Å²) in [6.07, 6.45) is 3.47. The first kappa shape index (κ1) is 11.8. The van der Waals surface area contributed by atoms with Crippen LogP contribution in [0.5, 0.6) is 0 Å². The number of rotatable bonds is 4. The number of hydrogen-bond donors (Lipinski definition) is 1. The van der Waals surface area contributed by atoms with Gasteiger partial charge in [-0.2, -0.15) is 0 Å². The van der Waals surface area contributed by atoms with Gasteiger partial charge in [-0.1, -0.05) is 6.07 Å². The van der Waals surface area contributed by atoms with E-state index in [-0.39, 0.29) is 12.4 Å². The molecule has 80 valence electrons. The molecule has 0 aromatic carbocycles. The quantitative estimate of drug-likeness (QED) is 0.721. The van der Waals surface area contributed by atoms with Crippen LogP contribution in [-0.4, -0.2) is 4.98 Å². The molecule has 0 aliphatic rings. The smallest absolute Gasteiger partial charge is 0.117 e. The van der Waals surface area contributed by atoms with Crippen molar-refractivity contribution < 1.29 is 16.8 Å². The summed E-state index contributed by atoms with van der Waals surface area (Å²) < 4.78 is 5.19. The molecular weight excluding hydrogens is 212 g/mol. The maximum absolute atomic E-state index is 5.19. The third-order valence-corrected chi connectivity index (χ3v) is 1.91. The zero-order valence-corrected chi connectivity index (χ0v) is 8.95. The van der Waals surface area contributed by atoms with Crippen molar-refractivity contribution in [3.05, 3.63) is 54.2 Å². The third-order valence-electron chi connectivity index (χ3n) is 1.91. The molecule has 0 unspecified atom stereocenters. The Morgan fingerprint density at radius 3 is 2.73 bits per heavy atom. The summed E-state index contributed by atoms with van der Waals surface area (Å²) in [6, 6.07) is 9.73. The Morgan fingerprint density at radius 1 is 1.13 bits per heavy atom. The van der Waals surface area contributed by atoms with E-state index >= 15 is 0 Å². The topological polar surface area (TPSA) is 38.1 Å². The number of nitrogens with one attached hydrogen (secondary N) is 1. The minimum atomic E-state index is 0. The molecule has 0 saturated heterocycles. The molecule has 0 atom stereocenters. The average molecular weight is 224 g/mol. The van der Waals surface area contributed by atoms with Crippen molar-refractivity contribution in [3.8, 4) is 0 Å². The van der Waals surface area contributed by atoms with Gasteiger partial charge in [-0.3, -0.25) is 4.98 Å². The van der Waals surface area contributed by atoms with Gasteiger partial charge in [-0.05, 0) is 24.3 Å². The van der Waals surface area contributed by atoms with Crippen molar-refractivity contribution >= 4 is 0 Å². The molecule has 0 spiro atoms. The molecule has 2 aromatic rings. The van der Waals surface area contributed by atoms with Crippen molar-refractivity contribution in [3.63, 3.8) is 0 Å². The third kappa shape index (κ3) is 3.73. The average Bonchev–Trinajstić information content (AvgIpc) is 2.72. The molecule has 0 bridgehead atoms. The highest BCUT2D eigenvalue weighted by Crippen LogP contribution is 1.99. The van der Waals surface area contributed by atoms with Crippen molar-refractivity contribution in [2.24, 2.45) is 0 Å². The summed E-state index contributed by atoms with van der Waals surface area (Å²) in [5, 5.41) is 3.25. The summed E-state index contributed by atoms with van der Waals surface area (Å²) in [5.41, 5.74) is 1.04. The normalized spacial score (nSPS) is 9.60. The van der Waals surface area contributed by atoms with Crippen LogP contribution in [0, 0.1) is 0 Å². The van der Waals surface area contributed by atoms with Crippen LogP contribution >= 0.6 is 0 Å². The van der Waals surface area contributed by atoms with E-state index in [4.69, 9.17) is 4.42 Å². The second-order valence-corrected chi connectivity index (χ2v) is 3.00. The molecule has 3 nitrogen and oxygen atoms in total. The van der Waals surface area contributed by atoms with Crippen LogP contribution in [-0.2, 0) is 13.1 Å². The highest BCUT2D eigenvalue weighted by molar-refractivity contribution is 5.03. The molecule has 0 aliphatic heterocycles. The van der Waals surface area contributed by atoms with E-state index in [1.807, 2.05) is 30.3 Å². The first-order chi connectivity index (χ1) is 6.95. The van der Waals surface area contributed by atoms with Gasteiger partial charge >= 0.3 is 0 Å². The Bertz CT molecular complexity index is 361. The summed E-state index contributed by atoms with van der Waals surface area (Å²) in [7, 11) is 0. The van der Waals surface area contributed by atoms with Crippen LogP contribution < -0.4 is 17.7 Å². The molecule has 2 aromatic heterocycles. The van der Waals surface area contributed by atoms with E-state index in [9.17, 15) is 0 Å². The lowest BCUT2D eigenvalue weighted by molar-refractivity contribution is -0.00000348. The SMILES string of the molecule is [Cl-].c1ccc(CNCc2ccco2)nc1. The van der Waals surface area contributed by atoms with Crippen LogP contribution in [0.4, 0.5) is 0 Å². The van der Waals surface area contributed by atoms with Crippen LogP contribution in [0.3, 0.4) is 0 Å². The maximum atomic E-state index is 5.19. The van der Waals surface area contributed by atoms with E-state index in [2.05, 4.69) is 10.3 Å². The van der Waals surface area contributed by atoms with Crippen molar-refractivity contribution in [1.82, 2.24) is 10.3 Å². The molecule has 15 heavy (non-hydrogen) atoms. The molecule has 2 rings (SSSR count). The van der Waals surface area contributed by atoms with E-state index < -0.39 is 0 Å². The Morgan fingerprint density at radius 2 is 2.07 bits per heavy atom. The van der Waals surface area contributed by atoms with Gasteiger partial charge in [0.15, 0.2) is 0 Å². The second kappa shape index (κ2) is 6.22. The number of furan rings is 1. The van der Waals surface area contributed by atoms with Crippen LogP contribution in [0.25, 0.3) is 0 Å². The van der Waals surface area contributed by atoms with E-state index in [1.54, 1.807) is 12.5 Å². The first-order valence-corrected chi connectivity index (χ1v) is 4.58. The number of nitrogens with zero attached hydrogens (tertiary/aromatic N) is 1. The Balaban J connectivity index is 0.00000112. The van der Waals surface area contributed by atoms with Gasteiger partial charge in [0.2, 0.25) is 0 Å². The van der Waals surface area contributed by atoms with Crippen molar-refractivity contribution in [2.45, 2.75) is 13.1 Å². The monoisotopic (exact) mass is 223 g/mol. The standard InChI is InChI=1S/C11H12N2O.ClH/c1-2-6-13-10(4-1)8-12-9-11-5-3-7-14-11;/h1-7,12H,8-9H2;1H/p-1. The van der Waals surface area contributed by atoms with Crippen molar-refractivity contribution in [2.75, 3.05) is 0 Å². The first-order valence-electron chi connectivity index (χ1n) is 4.58. The highest BCUT2D eigenvalue weighted by atomic mass is 35.5. The van der Waals surface area contributed by atoms with Gasteiger partial charge < -0.3 is 22.1 Å². The van der Waals surface area contributed by atoms with Gasteiger partial charge in [0.05, 0.1) is 18.5 Å². The van der Waals surface area contributed by atoms with Gasteiger partial charge in [0, 0.05) is 12.7 Å². The molecule has 0 fully saturated rings. The molecule has 4 heteroatoms. The zero-order chi connectivity index (χ0) is 9.64. The number of pyridine rings is 1. The predicted octanol–water partition coefficient (Wildman–Crippen LogP) is -1.03. The van der Waals surface area contributed by atoms with Crippen LogP contribution in [0.2, 0.25) is 0 Å². The maximum Gasteiger partial charge on any atom is 0.117 e. The van der Waals surface area contributed by atoms with Crippen LogP contribution in [0.1, 0.15) is 11.5 Å². The molecule has 0 radical (unpaired) electrons. The molecular formula is C11H12ClN2O-. The lowest BCUT2D eigenvalue weighted by atomic mass is 10.3. The zero-order valence-electron chi connectivity index (χ0n) is 8.19. The molecule has 0 aliphatic carbocycles. The van der Waals surface area contributed by atoms with Gasteiger partial charge in [-0.25, -0.2) is 0 Å². The lowest BCUT2D eigenvalue weighted by Crippen LogP contribution is -3.00. The van der Waals surface area contributed by atoms with Crippen molar-refractivity contribution in [1.29, 1.82) is 0 Å². The Kier molecular flexibility index (Phi) is 4.87. The van der Waals surface area contributed by atoms with Crippen LogP contribution in [0.15, 0.2) is 47.2 Å². The van der Waals surface area contributed by atoms with E-state index in [1.165, 1.54) is 0 Å². The lowest BCUT2D eigenvalue weighted by Gasteiger charge is -2.01. The fourth-order valence-corrected chi connectivity index (χ4v) is 1.23. The van der Waals surface area contributed by atoms with Gasteiger partial charge in [0.25, 0.3) is 0 Å². The highest BCUT2D eigenvalue weighted by Gasteiger charge is 1.95. The number of aromatic nitrogens is 1. The Hall–Kier alpha value is -1.32. The number of halogens is 1. The minimum absolute atomic E-state index is 0. The summed E-state index contributed by atoms with van der Waals surface area (Å²) in [5.74, 6) is 0.945. The molecule has 0 saturated carbocycles. The summed E-state index contributed by atoms with van der Waals surface area (Å²) >= 11 is 0. The summed E-state index contributed by atoms with van der Waals surface area (Å²) in [4.78, 5) is 4.20. The number of hydrogen-bond acceptors (Lipinski definition) is 3. The molecule has 2 heterocycles. The minimum Gasteiger partial charge on any atom is -1.00 e.